The minimum Gasteiger partial charge on any atom is -0.409 e. The zero-order valence-corrected chi connectivity index (χ0v) is 6.93. The molecule has 11 heavy (non-hydrogen) atoms. The molecule has 1 heterocycles. The lowest BCUT2D eigenvalue weighted by molar-refractivity contribution is 0.317. The highest BCUT2D eigenvalue weighted by molar-refractivity contribution is 7.09. The summed E-state index contributed by atoms with van der Waals surface area (Å²) in [5.41, 5.74) is 6.13. The van der Waals surface area contributed by atoms with E-state index < -0.39 is 0 Å². The average Bonchev–Trinajstić information content (AvgIpc) is 2.35. The molecule has 0 aliphatic rings. The molecular formula is C6H9N3OS. The van der Waals surface area contributed by atoms with Crippen LogP contribution in [0, 0.1) is 6.92 Å². The molecule has 60 valence electrons. The molecule has 3 N–H and O–H groups in total. The van der Waals surface area contributed by atoms with E-state index in [0.29, 0.717) is 6.42 Å². The number of aryl methyl sites for hydroxylation is 1. The predicted molar refractivity (Wildman–Crippen MR) is 44.0 cm³/mol. The number of thiazole rings is 1. The van der Waals surface area contributed by atoms with E-state index in [4.69, 9.17) is 10.9 Å². The fourth-order valence-electron chi connectivity index (χ4n) is 0.710. The van der Waals surface area contributed by atoms with Crippen molar-refractivity contribution in [3.8, 4) is 0 Å². The highest BCUT2D eigenvalue weighted by Gasteiger charge is 2.00. The molecule has 0 aromatic carbocycles. The molecule has 0 amide bonds. The fraction of sp³-hybridized carbons (Fsp3) is 0.333. The Kier molecular flexibility index (Phi) is 2.43. The van der Waals surface area contributed by atoms with E-state index in [9.17, 15) is 0 Å². The van der Waals surface area contributed by atoms with Crippen LogP contribution in [0.5, 0.6) is 0 Å². The van der Waals surface area contributed by atoms with Crippen molar-refractivity contribution in [3.63, 3.8) is 0 Å². The van der Waals surface area contributed by atoms with Crippen LogP contribution in [0.15, 0.2) is 10.5 Å². The summed E-state index contributed by atoms with van der Waals surface area (Å²) in [5, 5.41) is 14.0. The van der Waals surface area contributed by atoms with Crippen molar-refractivity contribution in [1.29, 1.82) is 0 Å². The topological polar surface area (TPSA) is 71.5 Å². The molecular weight excluding hydrogens is 162 g/mol. The number of rotatable bonds is 2. The summed E-state index contributed by atoms with van der Waals surface area (Å²) in [5.74, 6) is 0.190. The third-order valence-corrected chi connectivity index (χ3v) is 1.98. The first-order valence-corrected chi connectivity index (χ1v) is 3.97. The molecule has 5 heteroatoms. The van der Waals surface area contributed by atoms with Gasteiger partial charge in [-0.25, -0.2) is 4.98 Å². The summed E-state index contributed by atoms with van der Waals surface area (Å²) in [6.07, 6.45) is 0.418. The van der Waals surface area contributed by atoms with E-state index in [-0.39, 0.29) is 5.84 Å². The Bertz CT molecular complexity index is 269. The molecule has 0 saturated carbocycles. The zero-order chi connectivity index (χ0) is 8.27. The van der Waals surface area contributed by atoms with Gasteiger partial charge in [0.15, 0.2) is 0 Å². The fourth-order valence-corrected chi connectivity index (χ4v) is 1.32. The number of nitrogens with two attached hydrogens (primary N) is 1. The largest absolute Gasteiger partial charge is 0.409 e. The minimum absolute atomic E-state index is 0.190. The van der Waals surface area contributed by atoms with E-state index in [1.807, 2.05) is 12.3 Å². The third-order valence-electron chi connectivity index (χ3n) is 1.16. The molecule has 0 fully saturated rings. The predicted octanol–water partition coefficient (Wildman–Crippen LogP) is 0.740. The number of aromatic nitrogens is 1. The molecule has 4 nitrogen and oxygen atoms in total. The maximum absolute atomic E-state index is 8.24. The summed E-state index contributed by atoms with van der Waals surface area (Å²) in [4.78, 5) is 4.15. The Balaban J connectivity index is 2.65. The van der Waals surface area contributed by atoms with Crippen LogP contribution in [0.25, 0.3) is 0 Å². The van der Waals surface area contributed by atoms with Gasteiger partial charge in [-0.1, -0.05) is 5.16 Å². The van der Waals surface area contributed by atoms with Gasteiger partial charge in [0.05, 0.1) is 17.1 Å². The lowest BCUT2D eigenvalue weighted by atomic mass is 10.3. The van der Waals surface area contributed by atoms with E-state index >= 15 is 0 Å². The van der Waals surface area contributed by atoms with Gasteiger partial charge in [0.2, 0.25) is 0 Å². The van der Waals surface area contributed by atoms with Gasteiger partial charge in [-0.15, -0.1) is 11.3 Å². The van der Waals surface area contributed by atoms with Crippen LogP contribution in [0.1, 0.15) is 10.7 Å². The van der Waals surface area contributed by atoms with Crippen molar-refractivity contribution in [3.05, 3.63) is 16.1 Å². The van der Waals surface area contributed by atoms with Gasteiger partial charge in [0.1, 0.15) is 5.84 Å². The maximum atomic E-state index is 8.24. The highest BCUT2D eigenvalue weighted by atomic mass is 32.1. The van der Waals surface area contributed by atoms with E-state index in [0.717, 1.165) is 10.7 Å². The summed E-state index contributed by atoms with van der Waals surface area (Å²) in [6, 6.07) is 0. The number of hydrogen-bond acceptors (Lipinski definition) is 4. The third kappa shape index (κ3) is 2.19. The molecule has 0 radical (unpaired) electrons. The summed E-state index contributed by atoms with van der Waals surface area (Å²) in [6.45, 7) is 1.92. The first-order valence-electron chi connectivity index (χ1n) is 3.10. The summed E-state index contributed by atoms with van der Waals surface area (Å²) >= 11 is 1.55. The van der Waals surface area contributed by atoms with Crippen LogP contribution >= 0.6 is 11.3 Å². The molecule has 0 atom stereocenters. The number of hydrogen-bond donors (Lipinski definition) is 2. The van der Waals surface area contributed by atoms with Crippen LogP contribution in [0.4, 0.5) is 0 Å². The SMILES string of the molecule is Cc1nc(CC(N)=NO)cs1. The van der Waals surface area contributed by atoms with Gasteiger partial charge < -0.3 is 10.9 Å². The second kappa shape index (κ2) is 3.34. The second-order valence-corrected chi connectivity index (χ2v) is 3.19. The average molecular weight is 171 g/mol. The van der Waals surface area contributed by atoms with Crippen LogP contribution in [0.3, 0.4) is 0 Å². The molecule has 1 aromatic rings. The van der Waals surface area contributed by atoms with Crippen molar-refractivity contribution < 1.29 is 5.21 Å². The second-order valence-electron chi connectivity index (χ2n) is 2.13. The standard InChI is InChI=1S/C6H9N3OS/c1-4-8-5(3-11-4)2-6(7)9-10/h3,10H,2H2,1H3,(H2,7,9). The number of amidine groups is 1. The van der Waals surface area contributed by atoms with E-state index in [1.54, 1.807) is 11.3 Å². The van der Waals surface area contributed by atoms with Gasteiger partial charge in [0.25, 0.3) is 0 Å². The van der Waals surface area contributed by atoms with Crippen molar-refractivity contribution in [2.45, 2.75) is 13.3 Å². The molecule has 0 unspecified atom stereocenters. The summed E-state index contributed by atoms with van der Waals surface area (Å²) < 4.78 is 0. The Morgan fingerprint density at radius 2 is 2.64 bits per heavy atom. The maximum Gasteiger partial charge on any atom is 0.145 e. The molecule has 0 aliphatic heterocycles. The van der Waals surface area contributed by atoms with Gasteiger partial charge in [0, 0.05) is 5.38 Å². The van der Waals surface area contributed by atoms with Crippen LogP contribution in [-0.2, 0) is 6.42 Å². The van der Waals surface area contributed by atoms with Crippen molar-refractivity contribution in [1.82, 2.24) is 4.98 Å². The quantitative estimate of drug-likeness (QED) is 0.298. The molecule has 1 aromatic heterocycles. The Morgan fingerprint density at radius 1 is 1.91 bits per heavy atom. The molecule has 0 bridgehead atoms. The zero-order valence-electron chi connectivity index (χ0n) is 6.11. The molecule has 0 aliphatic carbocycles. The van der Waals surface area contributed by atoms with Crippen molar-refractivity contribution >= 4 is 17.2 Å². The normalized spacial score (nSPS) is 11.9. The van der Waals surface area contributed by atoms with Gasteiger partial charge in [-0.2, -0.15) is 0 Å². The van der Waals surface area contributed by atoms with Crippen molar-refractivity contribution in [2.24, 2.45) is 10.9 Å². The van der Waals surface area contributed by atoms with Crippen molar-refractivity contribution in [2.75, 3.05) is 0 Å². The molecule has 1 rings (SSSR count). The van der Waals surface area contributed by atoms with Gasteiger partial charge in [-0.05, 0) is 6.92 Å². The lowest BCUT2D eigenvalue weighted by Crippen LogP contribution is -2.14. The van der Waals surface area contributed by atoms with Crippen LogP contribution in [0.2, 0.25) is 0 Å². The summed E-state index contributed by atoms with van der Waals surface area (Å²) in [7, 11) is 0. The number of oxime groups is 1. The van der Waals surface area contributed by atoms with Crippen LogP contribution in [-0.4, -0.2) is 16.0 Å². The monoisotopic (exact) mass is 171 g/mol. The smallest absolute Gasteiger partial charge is 0.145 e. The minimum atomic E-state index is 0.190. The lowest BCUT2D eigenvalue weighted by Gasteiger charge is -1.91. The molecule has 0 saturated heterocycles. The Labute approximate surface area is 68.4 Å². The Hall–Kier alpha value is -1.10. The van der Waals surface area contributed by atoms with Gasteiger partial charge >= 0.3 is 0 Å². The van der Waals surface area contributed by atoms with Gasteiger partial charge in [-0.3, -0.25) is 0 Å². The first-order chi connectivity index (χ1) is 5.22. The Morgan fingerprint density at radius 3 is 3.09 bits per heavy atom. The first kappa shape index (κ1) is 8.00. The van der Waals surface area contributed by atoms with Crippen LogP contribution < -0.4 is 5.73 Å². The van der Waals surface area contributed by atoms with E-state index in [2.05, 4.69) is 10.1 Å². The highest BCUT2D eigenvalue weighted by Crippen LogP contribution is 2.07. The number of nitrogens with zero attached hydrogens (tertiary/aromatic N) is 2. The van der Waals surface area contributed by atoms with E-state index in [1.165, 1.54) is 0 Å². The molecule has 0 spiro atoms.